The molecule has 0 spiro atoms. The normalized spacial score (nSPS) is 13.7. The number of H-pyrrole nitrogens is 1. The van der Waals surface area contributed by atoms with E-state index in [9.17, 15) is 9.59 Å². The Labute approximate surface area is 145 Å². The predicted molar refractivity (Wildman–Crippen MR) is 95.1 cm³/mol. The van der Waals surface area contributed by atoms with Crippen molar-refractivity contribution in [1.29, 1.82) is 0 Å². The number of hydrogen-bond acceptors (Lipinski definition) is 4. The van der Waals surface area contributed by atoms with E-state index in [0.717, 1.165) is 18.6 Å². The van der Waals surface area contributed by atoms with Crippen molar-refractivity contribution in [1.82, 2.24) is 15.3 Å². The average molecular weight is 343 g/mol. The van der Waals surface area contributed by atoms with E-state index in [1.165, 1.54) is 17.3 Å². The number of carbonyl (C=O) groups excluding carboxylic acids is 1. The van der Waals surface area contributed by atoms with Crippen LogP contribution in [0.25, 0.3) is 0 Å². The van der Waals surface area contributed by atoms with Gasteiger partial charge in [-0.3, -0.25) is 9.59 Å². The van der Waals surface area contributed by atoms with Crippen LogP contribution in [0, 0.1) is 6.92 Å². The number of aromatic nitrogens is 2. The molecule has 1 aliphatic rings. The molecular weight excluding hydrogens is 322 g/mol. The van der Waals surface area contributed by atoms with E-state index in [1.54, 1.807) is 0 Å². The van der Waals surface area contributed by atoms with Gasteiger partial charge in [0.15, 0.2) is 5.16 Å². The van der Waals surface area contributed by atoms with E-state index < -0.39 is 0 Å². The maximum absolute atomic E-state index is 12.3. The highest BCUT2D eigenvalue weighted by atomic mass is 32.2. The number of aryl methyl sites for hydroxylation is 1. The molecule has 5 nitrogen and oxygen atoms in total. The molecule has 3 rings (SSSR count). The quantitative estimate of drug-likeness (QED) is 0.598. The number of amides is 1. The maximum atomic E-state index is 12.3. The third kappa shape index (κ3) is 4.71. The second-order valence-electron chi connectivity index (χ2n) is 6.05. The summed E-state index contributed by atoms with van der Waals surface area (Å²) < 4.78 is 0. The monoisotopic (exact) mass is 343 g/mol. The van der Waals surface area contributed by atoms with Crippen LogP contribution in [0.2, 0.25) is 0 Å². The Morgan fingerprint density at radius 3 is 2.75 bits per heavy atom. The molecule has 0 atom stereocenters. The van der Waals surface area contributed by atoms with Gasteiger partial charge in [0.2, 0.25) is 5.91 Å². The highest BCUT2D eigenvalue weighted by Crippen LogP contribution is 2.20. The van der Waals surface area contributed by atoms with Crippen LogP contribution >= 0.6 is 11.8 Å². The first-order valence-electron chi connectivity index (χ1n) is 8.17. The van der Waals surface area contributed by atoms with Crippen LogP contribution in [0.3, 0.4) is 0 Å². The summed E-state index contributed by atoms with van der Waals surface area (Å²) >= 11 is 1.51. The number of aromatic amines is 1. The smallest absolute Gasteiger partial charge is 0.254 e. The molecule has 2 aromatic rings. The molecule has 24 heavy (non-hydrogen) atoms. The zero-order valence-electron chi connectivity index (χ0n) is 13.7. The lowest BCUT2D eigenvalue weighted by atomic mass is 10.1. The van der Waals surface area contributed by atoms with Gasteiger partial charge in [0.05, 0.1) is 0 Å². The molecule has 2 N–H and O–H groups in total. The van der Waals surface area contributed by atoms with Gasteiger partial charge in [0, 0.05) is 29.5 Å². The van der Waals surface area contributed by atoms with Gasteiger partial charge in [0.25, 0.3) is 5.56 Å². The molecule has 6 heteroatoms. The van der Waals surface area contributed by atoms with Crippen LogP contribution in [0.15, 0.2) is 40.3 Å². The highest BCUT2D eigenvalue weighted by molar-refractivity contribution is 7.98. The van der Waals surface area contributed by atoms with Gasteiger partial charge in [-0.15, -0.1) is 0 Å². The number of thioether (sulfide) groups is 1. The lowest BCUT2D eigenvalue weighted by molar-refractivity contribution is -0.121. The van der Waals surface area contributed by atoms with Crippen LogP contribution in [0.1, 0.15) is 36.1 Å². The van der Waals surface area contributed by atoms with Gasteiger partial charge in [0.1, 0.15) is 0 Å². The van der Waals surface area contributed by atoms with E-state index in [-0.39, 0.29) is 11.5 Å². The Hall–Kier alpha value is -2.08. The van der Waals surface area contributed by atoms with E-state index in [0.29, 0.717) is 35.3 Å². The SMILES string of the molecule is Cc1nc(SCc2ccccc2)[nH]c(=O)c1CCC(=O)NC1CC1. The summed E-state index contributed by atoms with van der Waals surface area (Å²) in [4.78, 5) is 31.4. The second-order valence-corrected chi connectivity index (χ2v) is 7.02. The predicted octanol–water partition coefficient (Wildman–Crippen LogP) is 2.58. The maximum Gasteiger partial charge on any atom is 0.254 e. The van der Waals surface area contributed by atoms with Gasteiger partial charge in [-0.25, -0.2) is 4.98 Å². The Balaban J connectivity index is 1.60. The molecule has 0 aliphatic heterocycles. The van der Waals surface area contributed by atoms with Crippen molar-refractivity contribution in [3.05, 3.63) is 57.5 Å². The molecule has 126 valence electrons. The Morgan fingerprint density at radius 2 is 2.08 bits per heavy atom. The Morgan fingerprint density at radius 1 is 1.33 bits per heavy atom. The number of rotatable bonds is 7. The average Bonchev–Trinajstić information content (AvgIpc) is 3.37. The summed E-state index contributed by atoms with van der Waals surface area (Å²) in [7, 11) is 0. The molecule has 1 saturated carbocycles. The van der Waals surface area contributed by atoms with Crippen molar-refractivity contribution in [3.8, 4) is 0 Å². The fourth-order valence-electron chi connectivity index (χ4n) is 2.44. The first kappa shape index (κ1) is 16.8. The Kier molecular flexibility index (Phi) is 5.35. The van der Waals surface area contributed by atoms with Crippen molar-refractivity contribution in [3.63, 3.8) is 0 Å². The standard InChI is InChI=1S/C18H21N3O2S/c1-12-15(9-10-16(22)20-14-7-8-14)17(23)21-18(19-12)24-11-13-5-3-2-4-6-13/h2-6,14H,7-11H2,1H3,(H,20,22)(H,19,21,23). The largest absolute Gasteiger partial charge is 0.353 e. The van der Waals surface area contributed by atoms with Gasteiger partial charge in [-0.2, -0.15) is 0 Å². The fourth-order valence-corrected chi connectivity index (χ4v) is 3.30. The zero-order valence-corrected chi connectivity index (χ0v) is 14.5. The fraction of sp³-hybridized carbons (Fsp3) is 0.389. The number of hydrogen-bond donors (Lipinski definition) is 2. The number of nitrogens with zero attached hydrogens (tertiary/aromatic N) is 1. The number of carbonyl (C=O) groups is 1. The summed E-state index contributed by atoms with van der Waals surface area (Å²) in [6.45, 7) is 1.83. The van der Waals surface area contributed by atoms with Crippen molar-refractivity contribution in [2.45, 2.75) is 49.6 Å². The van der Waals surface area contributed by atoms with Gasteiger partial charge < -0.3 is 10.3 Å². The molecule has 0 bridgehead atoms. The van der Waals surface area contributed by atoms with Crippen molar-refractivity contribution >= 4 is 17.7 Å². The minimum absolute atomic E-state index is 0.0128. The summed E-state index contributed by atoms with van der Waals surface area (Å²) in [5.74, 6) is 0.769. The number of benzene rings is 1. The highest BCUT2D eigenvalue weighted by Gasteiger charge is 2.23. The van der Waals surface area contributed by atoms with Gasteiger partial charge in [-0.05, 0) is 31.7 Å². The van der Waals surface area contributed by atoms with E-state index in [4.69, 9.17) is 0 Å². The molecule has 0 radical (unpaired) electrons. The van der Waals surface area contributed by atoms with Gasteiger partial charge in [-0.1, -0.05) is 42.1 Å². The topological polar surface area (TPSA) is 74.8 Å². The molecule has 1 heterocycles. The van der Waals surface area contributed by atoms with Crippen LogP contribution in [0.4, 0.5) is 0 Å². The zero-order chi connectivity index (χ0) is 16.9. The van der Waals surface area contributed by atoms with Gasteiger partial charge >= 0.3 is 0 Å². The minimum Gasteiger partial charge on any atom is -0.353 e. The van der Waals surface area contributed by atoms with Crippen molar-refractivity contribution in [2.75, 3.05) is 0 Å². The third-order valence-electron chi connectivity index (χ3n) is 3.96. The molecule has 1 aliphatic carbocycles. The van der Waals surface area contributed by atoms with Crippen LogP contribution in [0.5, 0.6) is 0 Å². The van der Waals surface area contributed by atoms with Crippen LogP contribution in [-0.2, 0) is 17.0 Å². The van der Waals surface area contributed by atoms with Crippen molar-refractivity contribution in [2.24, 2.45) is 0 Å². The minimum atomic E-state index is -0.141. The second kappa shape index (κ2) is 7.66. The third-order valence-corrected chi connectivity index (χ3v) is 4.91. The summed E-state index contributed by atoms with van der Waals surface area (Å²) in [5.41, 5.74) is 2.35. The molecular formula is C18H21N3O2S. The van der Waals surface area contributed by atoms with E-state index in [2.05, 4.69) is 15.3 Å². The summed E-state index contributed by atoms with van der Waals surface area (Å²) in [6, 6.07) is 10.4. The number of nitrogens with one attached hydrogen (secondary N) is 2. The first-order valence-corrected chi connectivity index (χ1v) is 9.16. The lowest BCUT2D eigenvalue weighted by Crippen LogP contribution is -2.27. The first-order chi connectivity index (χ1) is 11.6. The van der Waals surface area contributed by atoms with E-state index in [1.807, 2.05) is 37.3 Å². The summed E-state index contributed by atoms with van der Waals surface area (Å²) in [6.07, 6.45) is 2.90. The summed E-state index contributed by atoms with van der Waals surface area (Å²) in [5, 5.41) is 3.56. The van der Waals surface area contributed by atoms with Crippen LogP contribution in [-0.4, -0.2) is 21.9 Å². The Bertz CT molecular complexity index is 770. The van der Waals surface area contributed by atoms with Crippen LogP contribution < -0.4 is 10.9 Å². The molecule has 0 saturated heterocycles. The molecule has 1 amide bonds. The van der Waals surface area contributed by atoms with E-state index >= 15 is 0 Å². The molecule has 1 aromatic heterocycles. The van der Waals surface area contributed by atoms with Crippen molar-refractivity contribution < 1.29 is 4.79 Å². The lowest BCUT2D eigenvalue weighted by Gasteiger charge is -2.07. The molecule has 1 fully saturated rings. The molecule has 1 aromatic carbocycles. The molecule has 0 unspecified atom stereocenters.